The lowest BCUT2D eigenvalue weighted by Crippen LogP contribution is -2.23. The second kappa shape index (κ2) is 8.62. The molecule has 0 amide bonds. The first-order chi connectivity index (χ1) is 15.4. The number of tetrazole rings is 1. The average molecular weight is 435 g/mol. The summed E-state index contributed by atoms with van der Waals surface area (Å²) in [6.45, 7) is 3.91. The lowest BCUT2D eigenvalue weighted by atomic mass is 10.1. The summed E-state index contributed by atoms with van der Waals surface area (Å²) in [4.78, 5) is 16.7. The summed E-state index contributed by atoms with van der Waals surface area (Å²) in [5.41, 5.74) is 3.53. The van der Waals surface area contributed by atoms with Gasteiger partial charge in [-0.05, 0) is 66.2 Å². The van der Waals surface area contributed by atoms with Crippen LogP contribution in [0.15, 0.2) is 53.3 Å². The van der Waals surface area contributed by atoms with E-state index in [0.29, 0.717) is 28.4 Å². The smallest absolute Gasteiger partial charge is 0.368 e. The fourth-order valence-corrected chi connectivity index (χ4v) is 3.39. The lowest BCUT2D eigenvalue weighted by Gasteiger charge is -2.14. The molecule has 164 valence electrons. The van der Waals surface area contributed by atoms with Crippen LogP contribution in [0.4, 0.5) is 4.39 Å². The van der Waals surface area contributed by atoms with Crippen molar-refractivity contribution in [1.29, 1.82) is 0 Å². The molecule has 2 aromatic heterocycles. The van der Waals surface area contributed by atoms with Gasteiger partial charge in [-0.2, -0.15) is 9.36 Å². The van der Waals surface area contributed by atoms with Gasteiger partial charge in [-0.1, -0.05) is 12.1 Å². The summed E-state index contributed by atoms with van der Waals surface area (Å²) in [6.07, 6.45) is 0. The van der Waals surface area contributed by atoms with E-state index < -0.39 is 5.82 Å². The van der Waals surface area contributed by atoms with Gasteiger partial charge in [0, 0.05) is 29.4 Å². The summed E-state index contributed by atoms with van der Waals surface area (Å²) in [5, 5.41) is 7.70. The minimum atomic E-state index is -0.413. The van der Waals surface area contributed by atoms with Crippen LogP contribution >= 0.6 is 0 Å². The Balaban J connectivity index is 1.67. The van der Waals surface area contributed by atoms with Crippen LogP contribution in [0, 0.1) is 19.7 Å². The molecule has 0 bridgehead atoms. The molecule has 2 aromatic carbocycles. The number of aromatic nitrogens is 5. The third-order valence-electron chi connectivity index (χ3n) is 5.14. The molecule has 0 saturated heterocycles. The standard InChI is InChI=1S/C23H22FN5O3/c1-14-6-5-7-21(29-23(30)28(3)26-27-29)19(14)13-32-16-9-11-20(24)18(12-16)17-10-8-15(2)25-22(17)31-4/h5-12H,13H2,1-4H3. The third-order valence-corrected chi connectivity index (χ3v) is 5.14. The Morgan fingerprint density at radius 1 is 1.03 bits per heavy atom. The number of ether oxygens (including phenoxy) is 2. The molecule has 0 spiro atoms. The van der Waals surface area contributed by atoms with Crippen molar-refractivity contribution in [1.82, 2.24) is 24.8 Å². The zero-order chi connectivity index (χ0) is 22.8. The predicted molar refractivity (Wildman–Crippen MR) is 117 cm³/mol. The van der Waals surface area contributed by atoms with Crippen LogP contribution in [0.25, 0.3) is 16.8 Å². The summed E-state index contributed by atoms with van der Waals surface area (Å²) < 4.78 is 28.3. The molecule has 0 aliphatic heterocycles. The second-order valence-electron chi connectivity index (χ2n) is 7.31. The highest BCUT2D eigenvalue weighted by atomic mass is 19.1. The van der Waals surface area contributed by atoms with Crippen LogP contribution in [0.1, 0.15) is 16.8 Å². The molecule has 0 atom stereocenters. The van der Waals surface area contributed by atoms with Gasteiger partial charge in [-0.25, -0.2) is 14.2 Å². The van der Waals surface area contributed by atoms with Gasteiger partial charge in [0.15, 0.2) is 0 Å². The summed E-state index contributed by atoms with van der Waals surface area (Å²) in [6, 6.07) is 13.6. The van der Waals surface area contributed by atoms with Crippen molar-refractivity contribution in [3.05, 3.63) is 81.7 Å². The van der Waals surface area contributed by atoms with Crippen LogP contribution in [0.2, 0.25) is 0 Å². The topological polar surface area (TPSA) is 84.1 Å². The molecule has 32 heavy (non-hydrogen) atoms. The van der Waals surface area contributed by atoms with E-state index in [1.165, 1.54) is 24.9 Å². The Hall–Kier alpha value is -4.01. The van der Waals surface area contributed by atoms with Crippen molar-refractivity contribution in [2.24, 2.45) is 7.05 Å². The minimum absolute atomic E-state index is 0.152. The normalized spacial score (nSPS) is 10.9. The number of hydrogen-bond donors (Lipinski definition) is 0. The van der Waals surface area contributed by atoms with Crippen molar-refractivity contribution < 1.29 is 13.9 Å². The zero-order valence-corrected chi connectivity index (χ0v) is 18.2. The molecule has 4 rings (SSSR count). The molecule has 9 heteroatoms. The number of hydrogen-bond acceptors (Lipinski definition) is 6. The average Bonchev–Trinajstić information content (AvgIpc) is 3.12. The fraction of sp³-hybridized carbons (Fsp3) is 0.217. The van der Waals surface area contributed by atoms with Gasteiger partial charge in [-0.15, -0.1) is 0 Å². The molecule has 4 aromatic rings. The fourth-order valence-electron chi connectivity index (χ4n) is 3.39. The van der Waals surface area contributed by atoms with E-state index >= 15 is 0 Å². The molecule has 2 heterocycles. The van der Waals surface area contributed by atoms with Crippen molar-refractivity contribution in [3.63, 3.8) is 0 Å². The zero-order valence-electron chi connectivity index (χ0n) is 18.2. The van der Waals surface area contributed by atoms with Gasteiger partial charge < -0.3 is 9.47 Å². The van der Waals surface area contributed by atoms with Crippen LogP contribution < -0.4 is 15.2 Å². The molecule has 0 unspecified atom stereocenters. The van der Waals surface area contributed by atoms with Crippen LogP contribution in [0.3, 0.4) is 0 Å². The highest BCUT2D eigenvalue weighted by Gasteiger charge is 2.16. The third kappa shape index (κ3) is 3.96. The Kier molecular flexibility index (Phi) is 5.72. The summed E-state index contributed by atoms with van der Waals surface area (Å²) in [5.74, 6) is 0.387. The SMILES string of the molecule is COc1nc(C)ccc1-c1cc(OCc2c(C)cccc2-n2nnn(C)c2=O)ccc1F. The van der Waals surface area contributed by atoms with Gasteiger partial charge in [0.1, 0.15) is 18.2 Å². The second-order valence-corrected chi connectivity index (χ2v) is 7.31. The number of aryl methyl sites for hydroxylation is 3. The minimum Gasteiger partial charge on any atom is -0.489 e. The van der Waals surface area contributed by atoms with Gasteiger partial charge in [-0.3, -0.25) is 0 Å². The van der Waals surface area contributed by atoms with Gasteiger partial charge in [0.25, 0.3) is 0 Å². The van der Waals surface area contributed by atoms with Crippen molar-refractivity contribution in [2.75, 3.05) is 7.11 Å². The molecule has 0 aliphatic carbocycles. The van der Waals surface area contributed by atoms with Crippen LogP contribution in [0.5, 0.6) is 11.6 Å². The first kappa shape index (κ1) is 21.2. The maximum atomic E-state index is 14.6. The molecular weight excluding hydrogens is 413 g/mol. The summed E-state index contributed by atoms with van der Waals surface area (Å²) >= 11 is 0. The van der Waals surface area contributed by atoms with E-state index in [9.17, 15) is 9.18 Å². The molecule has 8 nitrogen and oxygen atoms in total. The molecular formula is C23H22FN5O3. The Morgan fingerprint density at radius 3 is 2.56 bits per heavy atom. The maximum absolute atomic E-state index is 14.6. The largest absolute Gasteiger partial charge is 0.489 e. The first-order valence-corrected chi connectivity index (χ1v) is 9.91. The van der Waals surface area contributed by atoms with E-state index in [1.807, 2.05) is 26.0 Å². The highest BCUT2D eigenvalue weighted by molar-refractivity contribution is 5.70. The number of halogens is 1. The number of benzene rings is 2. The number of methoxy groups -OCH3 is 1. The predicted octanol–water partition coefficient (Wildman–Crippen LogP) is 3.37. The van der Waals surface area contributed by atoms with E-state index in [2.05, 4.69) is 15.4 Å². The maximum Gasteiger partial charge on any atom is 0.368 e. The van der Waals surface area contributed by atoms with Crippen molar-refractivity contribution >= 4 is 0 Å². The Labute approximate surface area is 183 Å². The first-order valence-electron chi connectivity index (χ1n) is 9.91. The number of pyridine rings is 1. The van der Waals surface area contributed by atoms with Gasteiger partial charge in [0.2, 0.25) is 5.88 Å². The lowest BCUT2D eigenvalue weighted by molar-refractivity contribution is 0.304. The van der Waals surface area contributed by atoms with Crippen molar-refractivity contribution in [2.45, 2.75) is 20.5 Å². The van der Waals surface area contributed by atoms with E-state index in [-0.39, 0.29) is 12.3 Å². The molecule has 0 aliphatic rings. The summed E-state index contributed by atoms with van der Waals surface area (Å²) in [7, 11) is 3.03. The van der Waals surface area contributed by atoms with Crippen LogP contribution in [-0.2, 0) is 13.7 Å². The van der Waals surface area contributed by atoms with Gasteiger partial charge >= 0.3 is 5.69 Å². The Morgan fingerprint density at radius 2 is 1.84 bits per heavy atom. The number of rotatable bonds is 6. The molecule has 0 fully saturated rings. The molecule has 0 radical (unpaired) electrons. The highest BCUT2D eigenvalue weighted by Crippen LogP contribution is 2.33. The quantitative estimate of drug-likeness (QED) is 0.462. The van der Waals surface area contributed by atoms with E-state index in [1.54, 1.807) is 30.3 Å². The van der Waals surface area contributed by atoms with Crippen molar-refractivity contribution in [3.8, 4) is 28.4 Å². The van der Waals surface area contributed by atoms with E-state index in [4.69, 9.17) is 9.47 Å². The van der Waals surface area contributed by atoms with Crippen LogP contribution in [-0.4, -0.2) is 31.9 Å². The molecule has 0 saturated carbocycles. The Bertz CT molecular complexity index is 1350. The van der Waals surface area contributed by atoms with E-state index in [0.717, 1.165) is 21.5 Å². The molecule has 0 N–H and O–H groups in total. The monoisotopic (exact) mass is 435 g/mol. The number of nitrogens with zero attached hydrogens (tertiary/aromatic N) is 5. The van der Waals surface area contributed by atoms with Gasteiger partial charge in [0.05, 0.1) is 12.8 Å².